The molecule has 0 fully saturated rings. The number of hydrogen-bond acceptors (Lipinski definition) is 3. The van der Waals surface area contributed by atoms with E-state index in [9.17, 15) is 9.59 Å². The highest BCUT2D eigenvalue weighted by molar-refractivity contribution is 9.10. The summed E-state index contributed by atoms with van der Waals surface area (Å²) in [7, 11) is 0. The van der Waals surface area contributed by atoms with Crippen LogP contribution in [0.3, 0.4) is 0 Å². The minimum absolute atomic E-state index is 0.211. The summed E-state index contributed by atoms with van der Waals surface area (Å²) in [6, 6.07) is 11.5. The van der Waals surface area contributed by atoms with Crippen LogP contribution in [0, 0.1) is 0 Å². The maximum absolute atomic E-state index is 12.9. The van der Waals surface area contributed by atoms with Crippen molar-refractivity contribution in [1.82, 2.24) is 10.2 Å². The lowest BCUT2D eigenvalue weighted by Crippen LogP contribution is -2.49. The van der Waals surface area contributed by atoms with Crippen LogP contribution in [0.15, 0.2) is 46.9 Å². The highest BCUT2D eigenvalue weighted by Crippen LogP contribution is 2.28. The van der Waals surface area contributed by atoms with Crippen molar-refractivity contribution in [3.63, 3.8) is 0 Å². The third-order valence-corrected chi connectivity index (χ3v) is 5.14. The molecule has 28 heavy (non-hydrogen) atoms. The minimum atomic E-state index is -0.652. The molecule has 2 amide bonds. The summed E-state index contributed by atoms with van der Waals surface area (Å²) >= 11 is 15.2. The normalized spacial score (nSPS) is 11.6. The molecule has 0 radical (unpaired) electrons. The van der Waals surface area contributed by atoms with Gasteiger partial charge in [-0.1, -0.05) is 35.3 Å². The van der Waals surface area contributed by atoms with Gasteiger partial charge >= 0.3 is 0 Å². The van der Waals surface area contributed by atoms with E-state index in [-0.39, 0.29) is 25.0 Å². The van der Waals surface area contributed by atoms with Gasteiger partial charge in [0.25, 0.3) is 5.91 Å². The maximum Gasteiger partial charge on any atom is 0.261 e. The first kappa shape index (κ1) is 22.5. The molecule has 2 aromatic rings. The predicted molar refractivity (Wildman–Crippen MR) is 115 cm³/mol. The lowest BCUT2D eigenvalue weighted by molar-refractivity contribution is -0.142. The smallest absolute Gasteiger partial charge is 0.261 e. The van der Waals surface area contributed by atoms with Gasteiger partial charge in [0.05, 0.1) is 4.47 Å². The molecular formula is C20H21BrCl2N2O3. The molecule has 0 saturated carbocycles. The molecule has 0 aliphatic heterocycles. The van der Waals surface area contributed by atoms with Crippen molar-refractivity contribution in [2.45, 2.75) is 26.4 Å². The Morgan fingerprint density at radius 3 is 2.39 bits per heavy atom. The van der Waals surface area contributed by atoms with Crippen molar-refractivity contribution in [2.24, 2.45) is 0 Å². The molecule has 1 atom stereocenters. The predicted octanol–water partition coefficient (Wildman–Crippen LogP) is 4.69. The van der Waals surface area contributed by atoms with E-state index in [1.54, 1.807) is 37.3 Å². The molecule has 0 bridgehead atoms. The largest absolute Gasteiger partial charge is 0.483 e. The molecule has 0 heterocycles. The number of rotatable bonds is 8. The van der Waals surface area contributed by atoms with Gasteiger partial charge in [-0.05, 0) is 65.7 Å². The molecule has 0 aromatic heterocycles. The monoisotopic (exact) mass is 486 g/mol. The Kier molecular flexibility index (Phi) is 8.60. The van der Waals surface area contributed by atoms with E-state index in [2.05, 4.69) is 21.2 Å². The summed E-state index contributed by atoms with van der Waals surface area (Å²) in [5.41, 5.74) is 0.863. The van der Waals surface area contributed by atoms with Crippen LogP contribution in [-0.4, -0.2) is 35.9 Å². The number of halogens is 3. The van der Waals surface area contributed by atoms with Crippen LogP contribution in [0.2, 0.25) is 10.0 Å². The Morgan fingerprint density at radius 2 is 1.79 bits per heavy atom. The van der Waals surface area contributed by atoms with Crippen LogP contribution < -0.4 is 10.1 Å². The fourth-order valence-electron chi connectivity index (χ4n) is 2.51. The van der Waals surface area contributed by atoms with Crippen LogP contribution in [0.4, 0.5) is 0 Å². The molecule has 0 spiro atoms. The third kappa shape index (κ3) is 6.40. The number of amides is 2. The number of nitrogens with zero attached hydrogens (tertiary/aromatic N) is 1. The van der Waals surface area contributed by atoms with Crippen LogP contribution in [0.1, 0.15) is 19.4 Å². The molecule has 0 unspecified atom stereocenters. The second kappa shape index (κ2) is 10.7. The molecule has 0 aliphatic rings. The van der Waals surface area contributed by atoms with E-state index < -0.39 is 6.04 Å². The number of likely N-dealkylation sites (N-methyl/N-ethyl adjacent to an activating group) is 1. The average Bonchev–Trinajstić information content (AvgIpc) is 2.66. The Morgan fingerprint density at radius 1 is 1.14 bits per heavy atom. The maximum atomic E-state index is 12.9. The summed E-state index contributed by atoms with van der Waals surface area (Å²) in [5, 5.41) is 3.91. The SMILES string of the molecule is CCNC(=O)[C@H](C)N(Cc1ccc(Cl)cc1)C(=O)COc1ccc(Cl)cc1Br. The molecule has 1 N–H and O–H groups in total. The fraction of sp³-hybridized carbons (Fsp3) is 0.300. The van der Waals surface area contributed by atoms with E-state index >= 15 is 0 Å². The minimum Gasteiger partial charge on any atom is -0.483 e. The van der Waals surface area contributed by atoms with Gasteiger partial charge in [-0.3, -0.25) is 9.59 Å². The first-order chi connectivity index (χ1) is 13.3. The Labute approximate surface area is 183 Å². The highest BCUT2D eigenvalue weighted by Gasteiger charge is 2.26. The van der Waals surface area contributed by atoms with E-state index in [1.807, 2.05) is 19.1 Å². The quantitative estimate of drug-likeness (QED) is 0.587. The van der Waals surface area contributed by atoms with Gasteiger partial charge in [0, 0.05) is 23.1 Å². The standard InChI is InChI=1S/C20H21BrCl2N2O3/c1-3-24-20(27)13(2)25(11-14-4-6-15(22)7-5-14)19(26)12-28-18-9-8-16(23)10-17(18)21/h4-10,13H,3,11-12H2,1-2H3,(H,24,27)/t13-/m0/s1. The zero-order valence-corrected chi connectivity index (χ0v) is 18.6. The Bertz CT molecular complexity index is 831. The highest BCUT2D eigenvalue weighted by atomic mass is 79.9. The van der Waals surface area contributed by atoms with E-state index in [1.165, 1.54) is 4.90 Å². The van der Waals surface area contributed by atoms with Crippen molar-refractivity contribution < 1.29 is 14.3 Å². The van der Waals surface area contributed by atoms with Gasteiger partial charge in [0.1, 0.15) is 11.8 Å². The Hall–Kier alpha value is -1.76. The molecule has 5 nitrogen and oxygen atoms in total. The van der Waals surface area contributed by atoms with Gasteiger partial charge < -0.3 is 15.0 Å². The first-order valence-electron chi connectivity index (χ1n) is 8.71. The lowest BCUT2D eigenvalue weighted by atomic mass is 10.1. The molecule has 2 rings (SSSR count). The zero-order chi connectivity index (χ0) is 20.7. The fourth-order valence-corrected chi connectivity index (χ4v) is 3.43. The molecule has 0 aliphatic carbocycles. The number of carbonyl (C=O) groups excluding carboxylic acids is 2. The van der Waals surface area contributed by atoms with Gasteiger partial charge in [0.2, 0.25) is 5.91 Å². The van der Waals surface area contributed by atoms with Crippen LogP contribution in [0.25, 0.3) is 0 Å². The summed E-state index contributed by atoms with van der Waals surface area (Å²) in [6.45, 7) is 4.06. The average molecular weight is 488 g/mol. The number of benzene rings is 2. The zero-order valence-electron chi connectivity index (χ0n) is 15.5. The molecule has 0 saturated heterocycles. The van der Waals surface area contributed by atoms with Crippen molar-refractivity contribution in [3.8, 4) is 5.75 Å². The molecule has 2 aromatic carbocycles. The first-order valence-corrected chi connectivity index (χ1v) is 10.3. The van der Waals surface area contributed by atoms with Crippen molar-refractivity contribution in [3.05, 3.63) is 62.5 Å². The van der Waals surface area contributed by atoms with Gasteiger partial charge in [-0.2, -0.15) is 0 Å². The summed E-state index contributed by atoms with van der Waals surface area (Å²) in [4.78, 5) is 26.7. The van der Waals surface area contributed by atoms with Crippen LogP contribution in [0.5, 0.6) is 5.75 Å². The second-order valence-electron chi connectivity index (χ2n) is 6.08. The second-order valence-corrected chi connectivity index (χ2v) is 7.81. The van der Waals surface area contributed by atoms with Crippen molar-refractivity contribution >= 4 is 50.9 Å². The molecular weight excluding hydrogens is 467 g/mol. The number of carbonyl (C=O) groups is 2. The van der Waals surface area contributed by atoms with E-state index in [0.29, 0.717) is 26.8 Å². The van der Waals surface area contributed by atoms with Gasteiger partial charge in [0.15, 0.2) is 6.61 Å². The van der Waals surface area contributed by atoms with Crippen molar-refractivity contribution in [2.75, 3.05) is 13.2 Å². The number of hydrogen-bond donors (Lipinski definition) is 1. The van der Waals surface area contributed by atoms with E-state index in [0.717, 1.165) is 5.56 Å². The third-order valence-electron chi connectivity index (χ3n) is 4.03. The topological polar surface area (TPSA) is 58.6 Å². The Balaban J connectivity index is 2.15. The summed E-state index contributed by atoms with van der Waals surface area (Å²) in [6.07, 6.45) is 0. The summed E-state index contributed by atoms with van der Waals surface area (Å²) < 4.78 is 6.28. The number of nitrogens with one attached hydrogen (secondary N) is 1. The summed E-state index contributed by atoms with van der Waals surface area (Å²) in [5.74, 6) is -0.0390. The molecule has 150 valence electrons. The molecule has 8 heteroatoms. The van der Waals surface area contributed by atoms with Gasteiger partial charge in [-0.15, -0.1) is 0 Å². The lowest BCUT2D eigenvalue weighted by Gasteiger charge is -2.28. The van der Waals surface area contributed by atoms with E-state index in [4.69, 9.17) is 27.9 Å². The van der Waals surface area contributed by atoms with Crippen LogP contribution >= 0.6 is 39.1 Å². The van der Waals surface area contributed by atoms with Crippen molar-refractivity contribution in [1.29, 1.82) is 0 Å². The van der Waals surface area contributed by atoms with Gasteiger partial charge in [-0.25, -0.2) is 0 Å². The number of ether oxygens (including phenoxy) is 1. The van der Waals surface area contributed by atoms with Crippen LogP contribution in [-0.2, 0) is 16.1 Å².